The van der Waals surface area contributed by atoms with Gasteiger partial charge in [-0.15, -0.1) is 11.3 Å². The van der Waals surface area contributed by atoms with Gasteiger partial charge in [-0.3, -0.25) is 9.88 Å². The van der Waals surface area contributed by atoms with Crippen molar-refractivity contribution in [3.8, 4) is 23.3 Å². The summed E-state index contributed by atoms with van der Waals surface area (Å²) >= 11 is 0.891. The Morgan fingerprint density at radius 1 is 1.23 bits per heavy atom. The Labute approximate surface area is 269 Å². The molecule has 0 radical (unpaired) electrons. The first kappa shape index (κ1) is 30.2. The van der Waals surface area contributed by atoms with Gasteiger partial charge < -0.3 is 20.7 Å². The molecule has 7 heterocycles. The van der Waals surface area contributed by atoms with E-state index in [9.17, 15) is 22.8 Å². The van der Waals surface area contributed by atoms with Crippen LogP contribution >= 0.6 is 11.3 Å². The van der Waals surface area contributed by atoms with E-state index in [1.54, 1.807) is 0 Å². The van der Waals surface area contributed by atoms with Gasteiger partial charge in [-0.1, -0.05) is 0 Å². The summed E-state index contributed by atoms with van der Waals surface area (Å²) in [5.74, 6) is -1.19. The number of nitrogens with one attached hydrogen (secondary N) is 1. The molecule has 47 heavy (non-hydrogen) atoms. The molecule has 2 bridgehead atoms. The monoisotopic (exact) mass is 668 g/mol. The minimum absolute atomic E-state index is 0.0195. The van der Waals surface area contributed by atoms with Crippen molar-refractivity contribution in [2.75, 3.05) is 43.4 Å². The van der Waals surface area contributed by atoms with Crippen molar-refractivity contribution in [1.82, 2.24) is 25.2 Å². The third-order valence-corrected chi connectivity index (χ3v) is 11.1. The van der Waals surface area contributed by atoms with E-state index in [0.717, 1.165) is 36.8 Å². The summed E-state index contributed by atoms with van der Waals surface area (Å²) in [6.45, 7) is 1.72. The molecule has 244 valence electrons. The second-order valence-electron chi connectivity index (χ2n) is 13.0. The normalized spacial score (nSPS) is 27.0. The highest BCUT2D eigenvalue weighted by molar-refractivity contribution is 7.23. The maximum Gasteiger partial charge on any atom is 0.319 e. The summed E-state index contributed by atoms with van der Waals surface area (Å²) < 4.78 is 79.4. The van der Waals surface area contributed by atoms with Gasteiger partial charge in [0.25, 0.3) is 6.08 Å². The van der Waals surface area contributed by atoms with Gasteiger partial charge in [0.05, 0.1) is 26.7 Å². The Balaban J connectivity index is 1.27. The average molecular weight is 669 g/mol. The van der Waals surface area contributed by atoms with E-state index in [4.69, 9.17) is 10.5 Å². The van der Waals surface area contributed by atoms with Gasteiger partial charge >= 0.3 is 6.01 Å². The lowest BCUT2D eigenvalue weighted by molar-refractivity contribution is 0.107. The van der Waals surface area contributed by atoms with Crippen LogP contribution in [0, 0.1) is 23.0 Å². The SMILES string of the molecule is N#Cc1c(N)sc2c(F)ccc(-c3ncc4c(N5CC6CCC(C=C(F)F)(C5)N6)nc(OC[C@@]56CCCN5C[C@H](F)C6)nc4c3F)c12. The summed E-state index contributed by atoms with van der Waals surface area (Å²) in [5, 5.41) is 13.6. The van der Waals surface area contributed by atoms with Gasteiger partial charge in [0.2, 0.25) is 0 Å². The minimum Gasteiger partial charge on any atom is -0.461 e. The second kappa shape index (κ2) is 11.0. The summed E-state index contributed by atoms with van der Waals surface area (Å²) in [6.07, 6.45) is 2.65. The Kier molecular flexibility index (Phi) is 7.05. The van der Waals surface area contributed by atoms with Crippen LogP contribution in [0.3, 0.4) is 0 Å². The van der Waals surface area contributed by atoms with Crippen molar-refractivity contribution < 1.29 is 26.7 Å². The van der Waals surface area contributed by atoms with E-state index in [1.807, 2.05) is 11.0 Å². The number of alkyl halides is 1. The quantitative estimate of drug-likeness (QED) is 0.250. The summed E-state index contributed by atoms with van der Waals surface area (Å²) in [5.41, 5.74) is 4.36. The highest BCUT2D eigenvalue weighted by Gasteiger charge is 2.50. The number of nitriles is 1. The first-order valence-corrected chi connectivity index (χ1v) is 16.3. The van der Waals surface area contributed by atoms with Gasteiger partial charge in [-0.05, 0) is 44.4 Å². The Morgan fingerprint density at radius 3 is 2.89 bits per heavy atom. The molecule has 15 heteroatoms. The van der Waals surface area contributed by atoms with Gasteiger partial charge in [0.15, 0.2) is 5.82 Å². The van der Waals surface area contributed by atoms with Crippen molar-refractivity contribution in [1.29, 1.82) is 5.26 Å². The number of pyridine rings is 1. The van der Waals surface area contributed by atoms with Crippen LogP contribution in [0.2, 0.25) is 0 Å². The van der Waals surface area contributed by atoms with E-state index in [2.05, 4.69) is 25.2 Å². The first-order chi connectivity index (χ1) is 22.6. The van der Waals surface area contributed by atoms with Crippen LogP contribution in [0.4, 0.5) is 32.8 Å². The number of nitrogen functional groups attached to an aromatic ring is 1. The number of nitrogens with zero attached hydrogens (tertiary/aromatic N) is 6. The molecule has 3 N–H and O–H groups in total. The molecule has 4 aliphatic heterocycles. The van der Waals surface area contributed by atoms with Gasteiger partial charge in [-0.25, -0.2) is 13.2 Å². The molecule has 8 rings (SSSR count). The molecule has 2 unspecified atom stereocenters. The van der Waals surface area contributed by atoms with Crippen LogP contribution in [0.15, 0.2) is 30.5 Å². The molecule has 4 fully saturated rings. The molecule has 0 aliphatic carbocycles. The minimum atomic E-state index is -1.80. The topological polar surface area (TPSA) is 116 Å². The van der Waals surface area contributed by atoms with E-state index in [1.165, 1.54) is 18.3 Å². The number of ether oxygens (including phenoxy) is 1. The molecule has 0 saturated carbocycles. The Bertz CT molecular complexity index is 2010. The molecule has 4 atom stereocenters. The number of benzene rings is 1. The number of hydrogen-bond acceptors (Lipinski definition) is 10. The number of thiophene rings is 1. The number of halogens is 5. The van der Waals surface area contributed by atoms with Crippen molar-refractivity contribution >= 4 is 43.1 Å². The van der Waals surface area contributed by atoms with E-state index < -0.39 is 35.0 Å². The van der Waals surface area contributed by atoms with Crippen LogP contribution in [-0.4, -0.2) is 75.9 Å². The fourth-order valence-corrected chi connectivity index (χ4v) is 9.05. The number of fused-ring (bicyclic) bond motifs is 5. The van der Waals surface area contributed by atoms with Gasteiger partial charge in [-0.2, -0.15) is 24.0 Å². The summed E-state index contributed by atoms with van der Waals surface area (Å²) in [7, 11) is 0. The van der Waals surface area contributed by atoms with Crippen LogP contribution in [0.25, 0.3) is 32.2 Å². The molecule has 0 amide bonds. The lowest BCUT2D eigenvalue weighted by Gasteiger charge is -2.40. The van der Waals surface area contributed by atoms with E-state index >= 15 is 4.39 Å². The first-order valence-electron chi connectivity index (χ1n) is 15.4. The van der Waals surface area contributed by atoms with Crippen molar-refractivity contribution in [3.05, 3.63) is 47.7 Å². The number of rotatable bonds is 6. The fourth-order valence-electron chi connectivity index (χ4n) is 8.11. The number of anilines is 2. The standard InChI is InChI=1S/C32H29F5N8OS/c33-16-8-32(5-1-7-45(32)12-16)15-46-30-41-26-20(29(42-30)44-13-17-4-6-31(14-44,43-17)9-22(35)36)11-40-25(24(26)37)18-2-3-21(34)27-23(18)19(10-38)28(39)47-27/h2-3,9,11,16-17,43H,1,4-8,12-15,39H2/t16-,17?,31?,32+/m1/s1. The number of piperazine rings is 1. The van der Waals surface area contributed by atoms with Gasteiger partial charge in [0.1, 0.15) is 46.7 Å². The molecule has 4 aliphatic rings. The second-order valence-corrected chi connectivity index (χ2v) is 14.0. The predicted molar refractivity (Wildman–Crippen MR) is 167 cm³/mol. The van der Waals surface area contributed by atoms with Crippen LogP contribution in [0.5, 0.6) is 6.01 Å². The Morgan fingerprint density at radius 2 is 2.09 bits per heavy atom. The number of hydrogen-bond donors (Lipinski definition) is 2. The highest BCUT2D eigenvalue weighted by atomic mass is 32.1. The van der Waals surface area contributed by atoms with Crippen LogP contribution in [0.1, 0.15) is 37.7 Å². The molecule has 3 aromatic heterocycles. The van der Waals surface area contributed by atoms with E-state index in [0.29, 0.717) is 32.4 Å². The maximum atomic E-state index is 16.8. The maximum absolute atomic E-state index is 16.8. The van der Waals surface area contributed by atoms with Crippen molar-refractivity contribution in [3.63, 3.8) is 0 Å². The Hall–Kier alpha value is -4.13. The lowest BCUT2D eigenvalue weighted by atomic mass is 9.95. The van der Waals surface area contributed by atoms with Crippen molar-refractivity contribution in [2.45, 2.75) is 55.4 Å². The number of aromatic nitrogens is 3. The highest BCUT2D eigenvalue weighted by Crippen LogP contribution is 2.44. The lowest BCUT2D eigenvalue weighted by Crippen LogP contribution is -2.59. The molecule has 4 aromatic rings. The zero-order valence-corrected chi connectivity index (χ0v) is 25.8. The third-order valence-electron chi connectivity index (χ3n) is 10.1. The zero-order chi connectivity index (χ0) is 32.7. The molecule has 9 nitrogen and oxygen atoms in total. The molecular weight excluding hydrogens is 639 g/mol. The zero-order valence-electron chi connectivity index (χ0n) is 25.0. The predicted octanol–water partition coefficient (Wildman–Crippen LogP) is 5.68. The van der Waals surface area contributed by atoms with Crippen LogP contribution < -0.4 is 20.7 Å². The molecule has 1 aromatic carbocycles. The van der Waals surface area contributed by atoms with Gasteiger partial charge in [0, 0.05) is 55.3 Å². The van der Waals surface area contributed by atoms with Crippen molar-refractivity contribution in [2.24, 2.45) is 0 Å². The van der Waals surface area contributed by atoms with Crippen LogP contribution in [-0.2, 0) is 0 Å². The smallest absolute Gasteiger partial charge is 0.319 e. The average Bonchev–Trinajstić information content (AvgIpc) is 3.75. The summed E-state index contributed by atoms with van der Waals surface area (Å²) in [4.78, 5) is 17.5. The molecule has 4 saturated heterocycles. The molecule has 0 spiro atoms. The fraction of sp³-hybridized carbons (Fsp3) is 0.438. The largest absolute Gasteiger partial charge is 0.461 e. The molecular formula is C32H29F5N8OS. The number of nitrogens with two attached hydrogens (primary N) is 1. The summed E-state index contributed by atoms with van der Waals surface area (Å²) in [6, 6.07) is 4.25. The third kappa shape index (κ3) is 4.87. The van der Waals surface area contributed by atoms with E-state index in [-0.39, 0.29) is 73.8 Å².